The first kappa shape index (κ1) is 19.4. The highest BCUT2D eigenvalue weighted by Crippen LogP contribution is 2.22. The molecule has 6 nitrogen and oxygen atoms in total. The molecule has 0 rings (SSSR count). The van der Waals surface area contributed by atoms with E-state index in [0.717, 1.165) is 57.8 Å². The van der Waals surface area contributed by atoms with Crippen molar-refractivity contribution < 1.29 is 20.3 Å². The molecule has 0 saturated carbocycles. The molecular weight excluding hydrogens is 268 g/mol. The van der Waals surface area contributed by atoms with E-state index in [2.05, 4.69) is 4.74 Å². The van der Waals surface area contributed by atoms with Gasteiger partial charge in [0, 0.05) is 19.3 Å². The van der Waals surface area contributed by atoms with Gasteiger partial charge in [0.15, 0.2) is 0 Å². The number of amidine groups is 2. The predicted octanol–water partition coefficient (Wildman–Crippen LogP) is -1.09. The molecule has 0 spiro atoms. The van der Waals surface area contributed by atoms with Gasteiger partial charge in [-0.2, -0.15) is 0 Å². The van der Waals surface area contributed by atoms with E-state index in [-0.39, 0.29) is 5.97 Å². The summed E-state index contributed by atoms with van der Waals surface area (Å²) < 4.78 is 4.64. The van der Waals surface area contributed by atoms with Gasteiger partial charge in [-0.05, 0) is 38.0 Å². The molecular formula is C15H32N4O2+2. The summed E-state index contributed by atoms with van der Waals surface area (Å²) in [5, 5.41) is 11.0. The van der Waals surface area contributed by atoms with E-state index in [1.165, 1.54) is 7.11 Å². The van der Waals surface area contributed by atoms with Crippen LogP contribution in [-0.4, -0.2) is 24.8 Å². The Balaban J connectivity index is 3.95. The Morgan fingerprint density at radius 3 is 1.81 bits per heavy atom. The molecule has 0 amide bonds. The number of unbranched alkanes of at least 4 members (excludes halogenated alkanes) is 1. The first-order chi connectivity index (χ1) is 9.95. The maximum atomic E-state index is 11.1. The minimum Gasteiger partial charge on any atom is -0.469 e. The molecule has 0 aromatic rings. The number of nitrogens with two attached hydrogens (primary N) is 4. The maximum absolute atomic E-state index is 11.1. The SMILES string of the molecule is COC(=O)CCCCC(CCCC(N)=[NH2+])CCCC(N)=[NH2+]. The molecule has 21 heavy (non-hydrogen) atoms. The molecule has 0 heterocycles. The lowest BCUT2D eigenvalue weighted by Crippen LogP contribution is -2.45. The Bertz CT molecular complexity index is 312. The van der Waals surface area contributed by atoms with Gasteiger partial charge in [-0.3, -0.25) is 27.1 Å². The van der Waals surface area contributed by atoms with Crippen LogP contribution in [-0.2, 0) is 9.53 Å². The molecule has 0 atom stereocenters. The van der Waals surface area contributed by atoms with Crippen molar-refractivity contribution in [2.75, 3.05) is 7.11 Å². The third-order valence-corrected chi connectivity index (χ3v) is 3.63. The van der Waals surface area contributed by atoms with E-state index in [9.17, 15) is 4.79 Å². The number of carbonyl (C=O) groups is 1. The van der Waals surface area contributed by atoms with Gasteiger partial charge in [0.1, 0.15) is 0 Å². The van der Waals surface area contributed by atoms with E-state index >= 15 is 0 Å². The van der Waals surface area contributed by atoms with Gasteiger partial charge >= 0.3 is 5.97 Å². The average Bonchev–Trinajstić information content (AvgIpc) is 2.41. The molecule has 0 aliphatic carbocycles. The molecule has 0 aliphatic heterocycles. The zero-order valence-electron chi connectivity index (χ0n) is 13.3. The summed E-state index contributed by atoms with van der Waals surface area (Å²) in [6, 6.07) is 0. The Morgan fingerprint density at radius 1 is 0.905 bits per heavy atom. The number of ether oxygens (including phenoxy) is 1. The second kappa shape index (κ2) is 12.2. The third kappa shape index (κ3) is 13.2. The molecule has 122 valence electrons. The van der Waals surface area contributed by atoms with Crippen molar-refractivity contribution in [1.29, 1.82) is 0 Å². The lowest BCUT2D eigenvalue weighted by Gasteiger charge is -2.15. The van der Waals surface area contributed by atoms with Crippen LogP contribution in [0.15, 0.2) is 0 Å². The second-order valence-corrected chi connectivity index (χ2v) is 5.62. The van der Waals surface area contributed by atoms with E-state index in [0.29, 0.717) is 24.0 Å². The highest BCUT2D eigenvalue weighted by atomic mass is 16.5. The fourth-order valence-corrected chi connectivity index (χ4v) is 2.43. The molecule has 0 radical (unpaired) electrons. The van der Waals surface area contributed by atoms with Crippen LogP contribution >= 0.6 is 0 Å². The van der Waals surface area contributed by atoms with Crippen molar-refractivity contribution in [3.8, 4) is 0 Å². The van der Waals surface area contributed by atoms with Gasteiger partial charge in [0.25, 0.3) is 0 Å². The molecule has 6 heteroatoms. The van der Waals surface area contributed by atoms with Crippen LogP contribution in [0.2, 0.25) is 0 Å². The first-order valence-electron chi connectivity index (χ1n) is 7.76. The van der Waals surface area contributed by atoms with Crippen molar-refractivity contribution in [2.24, 2.45) is 17.4 Å². The molecule has 0 unspecified atom stereocenters. The van der Waals surface area contributed by atoms with Crippen molar-refractivity contribution in [2.45, 2.75) is 64.2 Å². The largest absolute Gasteiger partial charge is 0.469 e. The van der Waals surface area contributed by atoms with Crippen molar-refractivity contribution in [1.82, 2.24) is 0 Å². The van der Waals surface area contributed by atoms with Crippen LogP contribution in [0.3, 0.4) is 0 Å². The van der Waals surface area contributed by atoms with Crippen LogP contribution < -0.4 is 22.3 Å². The Morgan fingerprint density at radius 2 is 1.38 bits per heavy atom. The van der Waals surface area contributed by atoms with Gasteiger partial charge in [-0.1, -0.05) is 12.8 Å². The Kier molecular flexibility index (Phi) is 11.3. The normalized spacial score (nSPS) is 10.6. The van der Waals surface area contributed by atoms with Crippen LogP contribution in [0, 0.1) is 5.92 Å². The number of esters is 1. The summed E-state index contributed by atoms with van der Waals surface area (Å²) in [5.74, 6) is 1.47. The van der Waals surface area contributed by atoms with Crippen molar-refractivity contribution >= 4 is 17.6 Å². The summed E-state index contributed by atoms with van der Waals surface area (Å²) in [7, 11) is 1.42. The lowest BCUT2D eigenvalue weighted by molar-refractivity contribution is -0.140. The van der Waals surface area contributed by atoms with Crippen molar-refractivity contribution in [3.05, 3.63) is 0 Å². The number of methoxy groups -OCH3 is 1. The van der Waals surface area contributed by atoms with E-state index in [1.54, 1.807) is 0 Å². The van der Waals surface area contributed by atoms with Crippen molar-refractivity contribution in [3.63, 3.8) is 0 Å². The fourth-order valence-electron chi connectivity index (χ4n) is 2.43. The topological polar surface area (TPSA) is 130 Å². The van der Waals surface area contributed by atoms with Gasteiger partial charge in [-0.25, -0.2) is 0 Å². The fraction of sp³-hybridized carbons (Fsp3) is 0.800. The van der Waals surface area contributed by atoms with E-state index in [4.69, 9.17) is 22.3 Å². The molecule has 0 bridgehead atoms. The summed E-state index contributed by atoms with van der Waals surface area (Å²) in [5.41, 5.74) is 11.0. The Labute approximate surface area is 127 Å². The summed E-state index contributed by atoms with van der Waals surface area (Å²) in [6.45, 7) is 0. The van der Waals surface area contributed by atoms with Crippen LogP contribution in [0.25, 0.3) is 0 Å². The molecule has 0 fully saturated rings. The monoisotopic (exact) mass is 300 g/mol. The van der Waals surface area contributed by atoms with Crippen LogP contribution in [0.1, 0.15) is 64.2 Å². The Hall–Kier alpha value is -1.59. The molecule has 0 saturated heterocycles. The first-order valence-corrected chi connectivity index (χ1v) is 7.76. The lowest BCUT2D eigenvalue weighted by atomic mass is 9.90. The number of rotatable bonds is 13. The zero-order chi connectivity index (χ0) is 16.1. The minimum absolute atomic E-state index is 0.137. The average molecular weight is 300 g/mol. The summed E-state index contributed by atoms with van der Waals surface area (Å²) in [6.07, 6.45) is 9.25. The van der Waals surface area contributed by atoms with Gasteiger partial charge in [0.2, 0.25) is 11.7 Å². The molecule has 8 N–H and O–H groups in total. The standard InChI is InChI=1S/C15H30N4O2/c1-21-15(20)11-3-2-6-12(7-4-9-13(16)17)8-5-10-14(18)19/h12H,2-11H2,1H3,(H3,16,17)(H3,18,19)/p+2. The third-order valence-electron chi connectivity index (χ3n) is 3.63. The zero-order valence-corrected chi connectivity index (χ0v) is 13.3. The van der Waals surface area contributed by atoms with Gasteiger partial charge in [-0.15, -0.1) is 0 Å². The van der Waals surface area contributed by atoms with E-state index < -0.39 is 0 Å². The number of hydrogen-bond donors (Lipinski definition) is 4. The second-order valence-electron chi connectivity index (χ2n) is 5.62. The van der Waals surface area contributed by atoms with Crippen LogP contribution in [0.5, 0.6) is 0 Å². The number of carbonyl (C=O) groups excluding carboxylic acids is 1. The highest BCUT2D eigenvalue weighted by molar-refractivity contribution is 5.73. The predicted molar refractivity (Wildman–Crippen MR) is 83.9 cm³/mol. The molecule has 0 aromatic carbocycles. The maximum Gasteiger partial charge on any atom is 0.305 e. The van der Waals surface area contributed by atoms with E-state index in [1.807, 2.05) is 0 Å². The quantitative estimate of drug-likeness (QED) is 0.149. The van der Waals surface area contributed by atoms with Crippen LogP contribution in [0.4, 0.5) is 0 Å². The van der Waals surface area contributed by atoms with Gasteiger partial charge in [0.05, 0.1) is 7.11 Å². The minimum atomic E-state index is -0.137. The highest BCUT2D eigenvalue weighted by Gasteiger charge is 2.11. The number of hydrogen-bond acceptors (Lipinski definition) is 2. The summed E-state index contributed by atoms with van der Waals surface area (Å²) in [4.78, 5) is 11.1. The molecule has 0 aromatic heterocycles. The smallest absolute Gasteiger partial charge is 0.305 e. The van der Waals surface area contributed by atoms with Gasteiger partial charge < -0.3 is 4.74 Å². The molecule has 0 aliphatic rings. The summed E-state index contributed by atoms with van der Waals surface area (Å²) >= 11 is 0.